The molecule has 0 atom stereocenters. The molecule has 5 heteroatoms. The van der Waals surface area contributed by atoms with Gasteiger partial charge in [0.1, 0.15) is 6.54 Å². The van der Waals surface area contributed by atoms with Gasteiger partial charge in [-0.1, -0.05) is 35.9 Å². The highest BCUT2D eigenvalue weighted by molar-refractivity contribution is 5.81. The lowest BCUT2D eigenvalue weighted by atomic mass is 10.00. The first-order chi connectivity index (χ1) is 12.0. The number of nitrogens with zero attached hydrogens (tertiary/aromatic N) is 2. The van der Waals surface area contributed by atoms with Crippen LogP contribution in [0.25, 0.3) is 10.8 Å². The van der Waals surface area contributed by atoms with E-state index in [-0.39, 0.29) is 18.0 Å². The fourth-order valence-corrected chi connectivity index (χ4v) is 3.11. The predicted octanol–water partition coefficient (Wildman–Crippen LogP) is 2.64. The number of rotatable bonds is 4. The number of aromatic nitrogens is 2. The molecule has 0 unspecified atom stereocenters. The zero-order valence-corrected chi connectivity index (χ0v) is 14.7. The third-order valence-corrected chi connectivity index (χ3v) is 4.36. The number of carbonyl (C=O) groups excluding carboxylic acids is 1. The van der Waals surface area contributed by atoms with Crippen LogP contribution in [0.3, 0.4) is 0 Å². The third-order valence-electron chi connectivity index (χ3n) is 4.36. The van der Waals surface area contributed by atoms with Crippen molar-refractivity contribution < 1.29 is 4.79 Å². The van der Waals surface area contributed by atoms with Gasteiger partial charge in [-0.05, 0) is 43.5 Å². The van der Waals surface area contributed by atoms with Gasteiger partial charge in [-0.25, -0.2) is 4.68 Å². The molecule has 2 aromatic carbocycles. The first-order valence-corrected chi connectivity index (χ1v) is 8.24. The van der Waals surface area contributed by atoms with Crippen LogP contribution in [0, 0.1) is 20.8 Å². The van der Waals surface area contributed by atoms with Gasteiger partial charge in [0, 0.05) is 11.9 Å². The van der Waals surface area contributed by atoms with Crippen LogP contribution in [0.5, 0.6) is 0 Å². The minimum Gasteiger partial charge on any atom is -0.350 e. The number of nitrogens with one attached hydrogen (secondary N) is 1. The Bertz CT molecular complexity index is 982. The van der Waals surface area contributed by atoms with E-state index in [1.807, 2.05) is 26.0 Å². The predicted molar refractivity (Wildman–Crippen MR) is 98.5 cm³/mol. The van der Waals surface area contributed by atoms with Gasteiger partial charge in [0.2, 0.25) is 5.91 Å². The Labute approximate surface area is 146 Å². The molecule has 0 spiro atoms. The molecule has 1 N–H and O–H groups in total. The molecular formula is C20H21N3O2. The third kappa shape index (κ3) is 3.60. The fourth-order valence-electron chi connectivity index (χ4n) is 3.11. The Morgan fingerprint density at radius 1 is 1.12 bits per heavy atom. The van der Waals surface area contributed by atoms with Crippen molar-refractivity contribution in [2.24, 2.45) is 0 Å². The van der Waals surface area contributed by atoms with E-state index in [4.69, 9.17) is 0 Å². The van der Waals surface area contributed by atoms with Crippen LogP contribution >= 0.6 is 0 Å². The molecule has 5 nitrogen and oxygen atoms in total. The van der Waals surface area contributed by atoms with Gasteiger partial charge in [-0.15, -0.1) is 0 Å². The van der Waals surface area contributed by atoms with Gasteiger partial charge >= 0.3 is 0 Å². The monoisotopic (exact) mass is 335 g/mol. The minimum absolute atomic E-state index is 0.0897. The Morgan fingerprint density at radius 2 is 1.80 bits per heavy atom. The molecule has 0 saturated heterocycles. The van der Waals surface area contributed by atoms with Crippen LogP contribution in [0.4, 0.5) is 0 Å². The van der Waals surface area contributed by atoms with E-state index in [2.05, 4.69) is 29.5 Å². The molecule has 0 bridgehead atoms. The zero-order chi connectivity index (χ0) is 18.0. The molecule has 1 aromatic heterocycles. The molecule has 0 aliphatic heterocycles. The summed E-state index contributed by atoms with van der Waals surface area (Å²) in [6.45, 7) is 6.49. The normalized spacial score (nSPS) is 10.8. The SMILES string of the molecule is Cc1cc(C)c(CNC(=O)Cn2ncc3ccccc3c2=O)c(C)c1. The van der Waals surface area contributed by atoms with Crippen LogP contribution in [-0.4, -0.2) is 15.7 Å². The molecule has 128 valence electrons. The summed E-state index contributed by atoms with van der Waals surface area (Å²) in [7, 11) is 0. The Hall–Kier alpha value is -2.95. The number of hydrogen-bond acceptors (Lipinski definition) is 3. The highest BCUT2D eigenvalue weighted by Gasteiger charge is 2.10. The molecule has 1 heterocycles. The van der Waals surface area contributed by atoms with Gasteiger partial charge in [0.25, 0.3) is 5.56 Å². The highest BCUT2D eigenvalue weighted by atomic mass is 16.2. The fraction of sp³-hybridized carbons (Fsp3) is 0.250. The smallest absolute Gasteiger partial charge is 0.275 e. The summed E-state index contributed by atoms with van der Waals surface area (Å²) in [5.74, 6) is -0.232. The number of amides is 1. The molecule has 0 radical (unpaired) electrons. The summed E-state index contributed by atoms with van der Waals surface area (Å²) in [5, 5.41) is 8.32. The lowest BCUT2D eigenvalue weighted by Crippen LogP contribution is -2.33. The summed E-state index contributed by atoms with van der Waals surface area (Å²) >= 11 is 0. The van der Waals surface area contributed by atoms with Gasteiger partial charge in [-0.3, -0.25) is 9.59 Å². The van der Waals surface area contributed by atoms with Crippen LogP contribution in [0.1, 0.15) is 22.3 Å². The van der Waals surface area contributed by atoms with Crippen molar-refractivity contribution in [2.75, 3.05) is 0 Å². The average Bonchev–Trinajstić information content (AvgIpc) is 2.56. The van der Waals surface area contributed by atoms with Crippen LogP contribution in [-0.2, 0) is 17.9 Å². The second-order valence-electron chi connectivity index (χ2n) is 6.35. The van der Waals surface area contributed by atoms with Crippen LogP contribution in [0.15, 0.2) is 47.4 Å². The van der Waals surface area contributed by atoms with Crippen molar-refractivity contribution in [2.45, 2.75) is 33.9 Å². The molecule has 0 saturated carbocycles. The molecule has 3 rings (SSSR count). The lowest BCUT2D eigenvalue weighted by molar-refractivity contribution is -0.122. The molecule has 0 fully saturated rings. The van der Waals surface area contributed by atoms with Gasteiger partial charge < -0.3 is 5.32 Å². The van der Waals surface area contributed by atoms with E-state index in [9.17, 15) is 9.59 Å². The van der Waals surface area contributed by atoms with Crippen molar-refractivity contribution in [3.8, 4) is 0 Å². The standard InChI is InChI=1S/C20H21N3O2/c1-13-8-14(2)18(15(3)9-13)11-21-19(24)12-23-20(25)17-7-5-4-6-16(17)10-22-23/h4-10H,11-12H2,1-3H3,(H,21,24). The second-order valence-corrected chi connectivity index (χ2v) is 6.35. The number of carbonyl (C=O) groups is 1. The average molecular weight is 335 g/mol. The van der Waals surface area contributed by atoms with Crippen LogP contribution < -0.4 is 10.9 Å². The summed E-state index contributed by atoms with van der Waals surface area (Å²) in [6.07, 6.45) is 1.61. The van der Waals surface area contributed by atoms with Crippen molar-refractivity contribution in [3.05, 3.63) is 75.2 Å². The van der Waals surface area contributed by atoms with E-state index >= 15 is 0 Å². The molecule has 0 aliphatic carbocycles. The molecular weight excluding hydrogens is 314 g/mol. The van der Waals surface area contributed by atoms with E-state index in [0.717, 1.165) is 22.1 Å². The maximum absolute atomic E-state index is 12.4. The van der Waals surface area contributed by atoms with Gasteiger partial charge in [-0.2, -0.15) is 5.10 Å². The summed E-state index contributed by atoms with van der Waals surface area (Å²) in [5.41, 5.74) is 4.36. The molecule has 1 amide bonds. The molecule has 25 heavy (non-hydrogen) atoms. The first kappa shape index (κ1) is 16.9. The minimum atomic E-state index is -0.254. The second kappa shape index (κ2) is 6.89. The molecule has 3 aromatic rings. The maximum atomic E-state index is 12.4. The van der Waals surface area contributed by atoms with E-state index < -0.39 is 0 Å². The van der Waals surface area contributed by atoms with Gasteiger partial charge in [0.05, 0.1) is 11.6 Å². The van der Waals surface area contributed by atoms with Crippen LogP contribution in [0.2, 0.25) is 0 Å². The van der Waals surface area contributed by atoms with Crippen molar-refractivity contribution in [1.82, 2.24) is 15.1 Å². The number of hydrogen-bond donors (Lipinski definition) is 1. The summed E-state index contributed by atoms with van der Waals surface area (Å²) in [4.78, 5) is 24.7. The Morgan fingerprint density at radius 3 is 2.52 bits per heavy atom. The Kier molecular flexibility index (Phi) is 4.65. The Balaban J connectivity index is 1.74. The quantitative estimate of drug-likeness (QED) is 0.797. The van der Waals surface area contributed by atoms with E-state index in [1.54, 1.807) is 18.3 Å². The summed E-state index contributed by atoms with van der Waals surface area (Å²) in [6, 6.07) is 11.4. The zero-order valence-electron chi connectivity index (χ0n) is 14.7. The van der Waals surface area contributed by atoms with Crippen molar-refractivity contribution in [3.63, 3.8) is 0 Å². The maximum Gasteiger partial charge on any atom is 0.275 e. The first-order valence-electron chi connectivity index (χ1n) is 8.24. The van der Waals surface area contributed by atoms with Gasteiger partial charge in [0.15, 0.2) is 0 Å². The number of fused-ring (bicyclic) bond motifs is 1. The summed E-state index contributed by atoms with van der Waals surface area (Å²) < 4.78 is 1.20. The number of aryl methyl sites for hydroxylation is 3. The topological polar surface area (TPSA) is 64.0 Å². The number of benzene rings is 2. The largest absolute Gasteiger partial charge is 0.350 e. The molecule has 0 aliphatic rings. The van der Waals surface area contributed by atoms with E-state index in [1.165, 1.54) is 10.2 Å². The van der Waals surface area contributed by atoms with E-state index in [0.29, 0.717) is 11.9 Å². The lowest BCUT2D eigenvalue weighted by Gasteiger charge is -2.13. The highest BCUT2D eigenvalue weighted by Crippen LogP contribution is 2.16. The van der Waals surface area contributed by atoms with Crippen molar-refractivity contribution >= 4 is 16.7 Å². The van der Waals surface area contributed by atoms with Crippen molar-refractivity contribution in [1.29, 1.82) is 0 Å².